The van der Waals surface area contributed by atoms with Crippen LogP contribution in [0.1, 0.15) is 20.3 Å². The Labute approximate surface area is 168 Å². The van der Waals surface area contributed by atoms with Crippen molar-refractivity contribution in [3.05, 3.63) is 24.3 Å². The van der Waals surface area contributed by atoms with Crippen molar-refractivity contribution in [1.82, 2.24) is 9.80 Å². The van der Waals surface area contributed by atoms with Gasteiger partial charge in [-0.25, -0.2) is 8.42 Å². The Bertz CT molecular complexity index is 790. The minimum absolute atomic E-state index is 0.00488. The molecular weight excluding hydrogens is 378 g/mol. The second-order valence-corrected chi connectivity index (χ2v) is 9.83. The van der Waals surface area contributed by atoms with Gasteiger partial charge < -0.3 is 14.5 Å². The third-order valence-corrected chi connectivity index (χ3v) is 7.58. The van der Waals surface area contributed by atoms with Crippen molar-refractivity contribution in [2.75, 3.05) is 56.2 Å². The van der Waals surface area contributed by atoms with E-state index in [1.807, 2.05) is 32.0 Å². The van der Waals surface area contributed by atoms with Crippen molar-refractivity contribution in [1.29, 1.82) is 0 Å². The molecule has 2 saturated heterocycles. The van der Waals surface area contributed by atoms with Gasteiger partial charge in [0.1, 0.15) is 5.75 Å². The molecule has 8 heteroatoms. The molecule has 2 fully saturated rings. The Morgan fingerprint density at radius 1 is 1.25 bits per heavy atom. The SMILES string of the molecule is CCOc1ccccc1N1CCN([C@H](C)C(=O)N(C)[C@@H]2CCS(=O)(=O)C2)CC1. The van der Waals surface area contributed by atoms with Crippen molar-refractivity contribution < 1.29 is 17.9 Å². The van der Waals surface area contributed by atoms with Gasteiger partial charge in [0, 0.05) is 39.3 Å². The second kappa shape index (κ2) is 8.69. The quantitative estimate of drug-likeness (QED) is 0.704. The number of para-hydroxylation sites is 2. The number of rotatable bonds is 6. The molecule has 0 spiro atoms. The highest BCUT2D eigenvalue weighted by Gasteiger charge is 2.36. The van der Waals surface area contributed by atoms with E-state index in [9.17, 15) is 13.2 Å². The average Bonchev–Trinajstić information content (AvgIpc) is 3.07. The largest absolute Gasteiger partial charge is 0.492 e. The average molecular weight is 410 g/mol. The molecular formula is C20H31N3O4S. The molecule has 0 unspecified atom stereocenters. The maximum Gasteiger partial charge on any atom is 0.239 e. The lowest BCUT2D eigenvalue weighted by Crippen LogP contribution is -2.55. The first kappa shape index (κ1) is 20.9. The van der Waals surface area contributed by atoms with Crippen LogP contribution < -0.4 is 9.64 Å². The van der Waals surface area contributed by atoms with E-state index >= 15 is 0 Å². The molecule has 2 heterocycles. The molecule has 1 aromatic rings. The number of hydrogen-bond donors (Lipinski definition) is 0. The van der Waals surface area contributed by atoms with Crippen molar-refractivity contribution in [2.24, 2.45) is 0 Å². The van der Waals surface area contributed by atoms with E-state index < -0.39 is 9.84 Å². The van der Waals surface area contributed by atoms with Crippen LogP contribution in [0.5, 0.6) is 5.75 Å². The summed E-state index contributed by atoms with van der Waals surface area (Å²) < 4.78 is 29.2. The second-order valence-electron chi connectivity index (χ2n) is 7.61. The zero-order valence-electron chi connectivity index (χ0n) is 17.0. The number of piperazine rings is 1. The highest BCUT2D eigenvalue weighted by Crippen LogP contribution is 2.29. The van der Waals surface area contributed by atoms with Gasteiger partial charge in [-0.15, -0.1) is 0 Å². The van der Waals surface area contributed by atoms with Gasteiger partial charge in [0.25, 0.3) is 0 Å². The maximum atomic E-state index is 12.9. The predicted molar refractivity (Wildman–Crippen MR) is 111 cm³/mol. The summed E-state index contributed by atoms with van der Waals surface area (Å²) in [6, 6.07) is 7.61. The Balaban J connectivity index is 1.58. The van der Waals surface area contributed by atoms with Gasteiger partial charge in [-0.3, -0.25) is 9.69 Å². The normalized spacial score (nSPS) is 23.4. The van der Waals surface area contributed by atoms with Crippen LogP contribution in [0.15, 0.2) is 24.3 Å². The van der Waals surface area contributed by atoms with Crippen LogP contribution in [0.25, 0.3) is 0 Å². The summed E-state index contributed by atoms with van der Waals surface area (Å²) in [4.78, 5) is 19.0. The number of ether oxygens (including phenoxy) is 1. The highest BCUT2D eigenvalue weighted by atomic mass is 32.2. The molecule has 0 N–H and O–H groups in total. The van der Waals surface area contributed by atoms with E-state index in [1.165, 1.54) is 0 Å². The lowest BCUT2D eigenvalue weighted by Gasteiger charge is -2.40. The fourth-order valence-electron chi connectivity index (χ4n) is 4.06. The molecule has 28 heavy (non-hydrogen) atoms. The molecule has 0 bridgehead atoms. The molecule has 0 aliphatic carbocycles. The Morgan fingerprint density at radius 2 is 1.93 bits per heavy atom. The Hall–Kier alpha value is -1.80. The van der Waals surface area contributed by atoms with E-state index in [2.05, 4.69) is 15.9 Å². The van der Waals surface area contributed by atoms with Gasteiger partial charge in [-0.2, -0.15) is 0 Å². The first-order valence-corrected chi connectivity index (χ1v) is 11.8. The van der Waals surface area contributed by atoms with Crippen molar-refractivity contribution >= 4 is 21.4 Å². The first-order valence-electron chi connectivity index (χ1n) is 10.0. The first-order chi connectivity index (χ1) is 13.3. The minimum atomic E-state index is -3.00. The monoisotopic (exact) mass is 409 g/mol. The van der Waals surface area contributed by atoms with Crippen LogP contribution in [-0.4, -0.2) is 87.5 Å². The third kappa shape index (κ3) is 4.60. The number of benzene rings is 1. The van der Waals surface area contributed by atoms with Gasteiger partial charge in [0.2, 0.25) is 5.91 Å². The predicted octanol–water partition coefficient (Wildman–Crippen LogP) is 1.24. The summed E-state index contributed by atoms with van der Waals surface area (Å²) in [7, 11) is -1.26. The van der Waals surface area contributed by atoms with Gasteiger partial charge in [0.15, 0.2) is 9.84 Å². The van der Waals surface area contributed by atoms with Crippen LogP contribution in [0, 0.1) is 0 Å². The van der Waals surface area contributed by atoms with Gasteiger partial charge in [-0.1, -0.05) is 12.1 Å². The number of carbonyl (C=O) groups excluding carboxylic acids is 1. The summed E-state index contributed by atoms with van der Waals surface area (Å²) in [6.45, 7) is 7.74. The fourth-order valence-corrected chi connectivity index (χ4v) is 5.83. The van der Waals surface area contributed by atoms with Gasteiger partial charge in [0.05, 0.1) is 29.8 Å². The van der Waals surface area contributed by atoms with Crippen LogP contribution in [0.2, 0.25) is 0 Å². The molecule has 1 amide bonds. The summed E-state index contributed by atoms with van der Waals surface area (Å²) in [5, 5.41) is 0. The molecule has 3 rings (SSSR count). The van der Waals surface area contributed by atoms with Crippen molar-refractivity contribution in [3.63, 3.8) is 0 Å². The number of nitrogens with zero attached hydrogens (tertiary/aromatic N) is 3. The molecule has 2 aliphatic rings. The molecule has 1 aromatic carbocycles. The van der Waals surface area contributed by atoms with E-state index in [0.717, 1.165) is 37.6 Å². The molecule has 7 nitrogen and oxygen atoms in total. The highest BCUT2D eigenvalue weighted by molar-refractivity contribution is 7.91. The molecule has 0 saturated carbocycles. The van der Waals surface area contributed by atoms with E-state index in [1.54, 1.807) is 11.9 Å². The molecule has 2 atom stereocenters. The standard InChI is InChI=1S/C20H31N3O4S/c1-4-27-19-8-6-5-7-18(19)23-12-10-22(11-13-23)16(2)20(24)21(3)17-9-14-28(25,26)15-17/h5-8,16-17H,4,9-15H2,1-3H3/t16-,17-/m1/s1. The number of likely N-dealkylation sites (N-methyl/N-ethyl adjacent to an activating group) is 1. The fraction of sp³-hybridized carbons (Fsp3) is 0.650. The van der Waals surface area contributed by atoms with E-state index in [4.69, 9.17) is 4.74 Å². The smallest absolute Gasteiger partial charge is 0.239 e. The number of amides is 1. The Kier molecular flexibility index (Phi) is 6.50. The minimum Gasteiger partial charge on any atom is -0.492 e. The van der Waals surface area contributed by atoms with Crippen LogP contribution in [-0.2, 0) is 14.6 Å². The Morgan fingerprint density at radius 3 is 2.54 bits per heavy atom. The molecule has 156 valence electrons. The maximum absolute atomic E-state index is 12.9. The molecule has 0 radical (unpaired) electrons. The topological polar surface area (TPSA) is 70.2 Å². The third-order valence-electron chi connectivity index (χ3n) is 5.83. The number of anilines is 1. The summed E-state index contributed by atoms with van der Waals surface area (Å²) in [5.74, 6) is 1.17. The van der Waals surface area contributed by atoms with Crippen LogP contribution in [0.4, 0.5) is 5.69 Å². The zero-order valence-corrected chi connectivity index (χ0v) is 17.8. The van der Waals surface area contributed by atoms with Gasteiger partial charge in [-0.05, 0) is 32.4 Å². The van der Waals surface area contributed by atoms with Crippen LogP contribution >= 0.6 is 0 Å². The number of sulfone groups is 1. The summed E-state index contributed by atoms with van der Waals surface area (Å²) in [5.41, 5.74) is 1.09. The lowest BCUT2D eigenvalue weighted by atomic mass is 10.1. The zero-order chi connectivity index (χ0) is 20.3. The molecule has 0 aromatic heterocycles. The molecule has 2 aliphatic heterocycles. The van der Waals surface area contributed by atoms with E-state index in [0.29, 0.717) is 13.0 Å². The summed E-state index contributed by atoms with van der Waals surface area (Å²) >= 11 is 0. The number of hydrogen-bond acceptors (Lipinski definition) is 6. The van der Waals surface area contributed by atoms with Crippen LogP contribution in [0.3, 0.4) is 0 Å². The summed E-state index contributed by atoms with van der Waals surface area (Å²) in [6.07, 6.45) is 0.541. The van der Waals surface area contributed by atoms with Gasteiger partial charge >= 0.3 is 0 Å². The lowest BCUT2D eigenvalue weighted by molar-refractivity contribution is -0.136. The van der Waals surface area contributed by atoms with E-state index in [-0.39, 0.29) is 29.5 Å². The number of carbonyl (C=O) groups is 1. The van der Waals surface area contributed by atoms with Crippen molar-refractivity contribution in [2.45, 2.75) is 32.4 Å². The van der Waals surface area contributed by atoms with Crippen molar-refractivity contribution in [3.8, 4) is 5.75 Å².